The zero-order valence-electron chi connectivity index (χ0n) is 29.9. The van der Waals surface area contributed by atoms with Crippen LogP contribution >= 0.6 is 0 Å². The number of carbonyl (C=O) groups excluding carboxylic acids is 3. The highest BCUT2D eigenvalue weighted by atomic mass is 19.1. The van der Waals surface area contributed by atoms with E-state index in [0.717, 1.165) is 4.68 Å². The van der Waals surface area contributed by atoms with Crippen molar-refractivity contribution in [3.05, 3.63) is 77.6 Å². The highest BCUT2D eigenvalue weighted by molar-refractivity contribution is 6.02. The average molecular weight is 757 g/mol. The maximum atomic E-state index is 16.4. The monoisotopic (exact) mass is 756 g/mol. The fourth-order valence-electron chi connectivity index (χ4n) is 4.34. The molecule has 0 radical (unpaired) electrons. The molecule has 3 N–H and O–H groups in total. The van der Waals surface area contributed by atoms with E-state index < -0.39 is 49.1 Å². The van der Waals surface area contributed by atoms with Crippen LogP contribution in [0.25, 0.3) is 5.95 Å². The lowest BCUT2D eigenvalue weighted by molar-refractivity contribution is -0.141. The molecule has 2 aromatic heterocycles. The van der Waals surface area contributed by atoms with Crippen molar-refractivity contribution in [2.75, 3.05) is 45.7 Å². The minimum absolute atomic E-state index is 0.0209. The number of hydrogen-bond donors (Lipinski definition) is 2. The fraction of sp³-hybridized carbons (Fsp3) is 0.353. The third kappa shape index (κ3) is 11.2. The molecule has 288 valence electrons. The van der Waals surface area contributed by atoms with Crippen molar-refractivity contribution < 1.29 is 56.3 Å². The van der Waals surface area contributed by atoms with E-state index >= 15 is 4.39 Å². The van der Waals surface area contributed by atoms with Gasteiger partial charge in [-0.15, -0.1) is 9.78 Å². The van der Waals surface area contributed by atoms with E-state index in [2.05, 4.69) is 30.4 Å². The second-order valence-electron chi connectivity index (χ2n) is 11.4. The molecule has 0 aliphatic rings. The van der Waals surface area contributed by atoms with Crippen LogP contribution in [0, 0.1) is 5.82 Å². The molecule has 1 amide bonds. The van der Waals surface area contributed by atoms with Gasteiger partial charge in [-0.1, -0.05) is 0 Å². The summed E-state index contributed by atoms with van der Waals surface area (Å²) >= 11 is 0. The number of nitrogens with one attached hydrogen (secondary N) is 1. The molecule has 0 bridgehead atoms. The Morgan fingerprint density at radius 2 is 1.76 bits per heavy atom. The van der Waals surface area contributed by atoms with E-state index in [0.29, 0.717) is 11.3 Å². The van der Waals surface area contributed by atoms with Crippen molar-refractivity contribution >= 4 is 29.7 Å². The smallest absolute Gasteiger partial charge is 0.497 e. The molecule has 1 atom stereocenters. The molecule has 18 nitrogen and oxygen atoms in total. The molecule has 0 saturated heterocycles. The summed E-state index contributed by atoms with van der Waals surface area (Å²) in [6.45, 7) is 3.63. The van der Waals surface area contributed by atoms with Crippen molar-refractivity contribution in [1.82, 2.24) is 24.7 Å². The molecule has 0 aliphatic carbocycles. The van der Waals surface area contributed by atoms with E-state index in [-0.39, 0.29) is 60.5 Å². The molecule has 4 rings (SSSR count). The summed E-state index contributed by atoms with van der Waals surface area (Å²) in [6, 6.07) is 8.99. The Morgan fingerprint density at radius 3 is 2.41 bits per heavy atom. The summed E-state index contributed by atoms with van der Waals surface area (Å²) in [4.78, 5) is 51.8. The first kappa shape index (κ1) is 40.2. The van der Waals surface area contributed by atoms with Gasteiger partial charge >= 0.3 is 24.2 Å². The van der Waals surface area contributed by atoms with Crippen molar-refractivity contribution in [3.63, 3.8) is 0 Å². The molecular weight excluding hydrogens is 718 g/mol. The first-order valence-electron chi connectivity index (χ1n) is 16.1. The molecular formula is C34H38F2N8O10. The Balaban J connectivity index is 1.77. The predicted molar refractivity (Wildman–Crippen MR) is 185 cm³/mol. The average Bonchev–Trinajstić information content (AvgIpc) is 3.57. The number of methoxy groups -OCH3 is 1. The molecule has 20 heteroatoms. The summed E-state index contributed by atoms with van der Waals surface area (Å²) in [5, 5.41) is 7.69. The molecule has 0 saturated carbocycles. The maximum Gasteiger partial charge on any atom is 0.511 e. The summed E-state index contributed by atoms with van der Waals surface area (Å²) in [7, 11) is 1.37. The lowest BCUT2D eigenvalue weighted by atomic mass is 10.0. The van der Waals surface area contributed by atoms with Gasteiger partial charge in [0.15, 0.2) is 17.4 Å². The molecule has 4 aromatic rings. The van der Waals surface area contributed by atoms with Crippen LogP contribution in [0.2, 0.25) is 0 Å². The van der Waals surface area contributed by atoms with E-state index in [9.17, 15) is 18.8 Å². The molecule has 0 unspecified atom stereocenters. The number of nitrogens with two attached hydrogens (primary N) is 1. The van der Waals surface area contributed by atoms with Crippen molar-refractivity contribution in [2.45, 2.75) is 39.3 Å². The van der Waals surface area contributed by atoms with Gasteiger partial charge in [-0.05, 0) is 57.2 Å². The minimum Gasteiger partial charge on any atom is -0.497 e. The number of benzene rings is 2. The zero-order valence-corrected chi connectivity index (χ0v) is 29.9. The van der Waals surface area contributed by atoms with E-state index in [1.807, 2.05) is 0 Å². The van der Waals surface area contributed by atoms with Gasteiger partial charge in [-0.2, -0.15) is 9.98 Å². The third-order valence-electron chi connectivity index (χ3n) is 6.84. The van der Waals surface area contributed by atoms with E-state index in [1.54, 1.807) is 37.3 Å². The van der Waals surface area contributed by atoms with Gasteiger partial charge < -0.3 is 44.2 Å². The van der Waals surface area contributed by atoms with Gasteiger partial charge in [0.2, 0.25) is 6.79 Å². The van der Waals surface area contributed by atoms with Crippen molar-refractivity contribution in [2.24, 2.45) is 10.7 Å². The Bertz CT molecular complexity index is 1930. The Kier molecular flexibility index (Phi) is 14.0. The van der Waals surface area contributed by atoms with Gasteiger partial charge in [-0.25, -0.2) is 28.3 Å². The van der Waals surface area contributed by atoms with Crippen molar-refractivity contribution in [1.29, 1.82) is 0 Å². The van der Waals surface area contributed by atoms with Crippen LogP contribution in [0.15, 0.2) is 59.9 Å². The number of rotatable bonds is 17. The number of anilines is 1. The van der Waals surface area contributed by atoms with Gasteiger partial charge in [0.1, 0.15) is 43.1 Å². The van der Waals surface area contributed by atoms with Crippen LogP contribution in [0.4, 0.5) is 24.1 Å². The molecule has 0 aliphatic heterocycles. The summed E-state index contributed by atoms with van der Waals surface area (Å²) in [5.41, 5.74) is 5.24. The number of ether oxygens (including phenoxy) is 7. The lowest BCUT2D eigenvalue weighted by Crippen LogP contribution is -2.31. The number of aliphatic imine (C=N–C) groups is 1. The highest BCUT2D eigenvalue weighted by Gasteiger charge is 2.29. The van der Waals surface area contributed by atoms with Gasteiger partial charge in [0, 0.05) is 42.2 Å². The van der Waals surface area contributed by atoms with Crippen LogP contribution in [0.1, 0.15) is 50.7 Å². The molecule has 0 fully saturated rings. The predicted octanol–water partition coefficient (Wildman–Crippen LogP) is 4.45. The van der Waals surface area contributed by atoms with Gasteiger partial charge in [0.05, 0.1) is 13.7 Å². The molecule has 2 heterocycles. The number of amides is 1. The van der Waals surface area contributed by atoms with Crippen LogP contribution in [-0.4, -0.2) is 94.8 Å². The standard InChI is InChI=1S/C34H38F2N8O10/c1-6-49-32(46)41-28(37)21-8-10-22(11-9-21)40-27(24-16-23(48-5)17-25(26(24)36)51-15-14-50-20(2)45)29-42-31(44(43-29)30-38-12-7-13-39-30)52-19-53-33(47)54-34(3,4)18-35/h7-13,16-17,27,40H,6,14-15,18-19H2,1-5H3,(H2,37,41,46)/t27-/m1/s1. The normalized spacial score (nSPS) is 11.9. The number of aromatic nitrogens is 5. The first-order chi connectivity index (χ1) is 25.8. The zero-order chi connectivity index (χ0) is 39.3. The largest absolute Gasteiger partial charge is 0.511 e. The quantitative estimate of drug-likeness (QED) is 0.0379. The van der Waals surface area contributed by atoms with Crippen LogP contribution in [-0.2, 0) is 23.7 Å². The number of hydrogen-bond acceptors (Lipinski definition) is 15. The number of halogens is 2. The Hall–Kier alpha value is -6.60. The van der Waals surface area contributed by atoms with Crippen LogP contribution < -0.4 is 25.3 Å². The second-order valence-corrected chi connectivity index (χ2v) is 11.4. The minimum atomic E-state index is -1.44. The number of amidine groups is 1. The molecule has 2 aromatic carbocycles. The topological polar surface area (TPSA) is 223 Å². The molecule has 0 spiro atoms. The van der Waals surface area contributed by atoms with Crippen molar-refractivity contribution in [3.8, 4) is 23.5 Å². The number of alkyl halides is 1. The Morgan fingerprint density at radius 1 is 1.04 bits per heavy atom. The fourth-order valence-corrected chi connectivity index (χ4v) is 4.34. The van der Waals surface area contributed by atoms with E-state index in [1.165, 1.54) is 52.4 Å². The summed E-state index contributed by atoms with van der Waals surface area (Å²) in [5.74, 6) is -1.68. The third-order valence-corrected chi connectivity index (χ3v) is 6.84. The maximum absolute atomic E-state index is 16.4. The van der Waals surface area contributed by atoms with Crippen LogP contribution in [0.5, 0.6) is 17.5 Å². The van der Waals surface area contributed by atoms with Gasteiger partial charge in [-0.3, -0.25) is 4.79 Å². The first-order valence-corrected chi connectivity index (χ1v) is 16.1. The summed E-state index contributed by atoms with van der Waals surface area (Å²) in [6.07, 6.45) is 0.783. The Labute approximate surface area is 307 Å². The number of nitrogens with zero attached hydrogens (tertiary/aromatic N) is 6. The summed E-state index contributed by atoms with van der Waals surface area (Å²) < 4.78 is 67.0. The number of carbonyl (C=O) groups is 3. The van der Waals surface area contributed by atoms with Crippen LogP contribution in [0.3, 0.4) is 0 Å². The second kappa shape index (κ2) is 18.8. The highest BCUT2D eigenvalue weighted by Crippen LogP contribution is 2.36. The SMILES string of the molecule is CCOC(=O)/N=C(\N)c1ccc(N[C@@H](c2nc(OCOC(=O)OC(C)(C)CF)n(-c3ncccn3)n2)c2cc(OC)cc(OCCOC(C)=O)c2F)cc1. The number of esters is 1. The lowest BCUT2D eigenvalue weighted by Gasteiger charge is -2.21. The molecule has 54 heavy (non-hydrogen) atoms. The van der Waals surface area contributed by atoms with E-state index in [4.69, 9.17) is 38.9 Å². The van der Waals surface area contributed by atoms with Gasteiger partial charge in [0.25, 0.3) is 5.95 Å².